The van der Waals surface area contributed by atoms with E-state index in [1.54, 1.807) is 10.7 Å². The summed E-state index contributed by atoms with van der Waals surface area (Å²) in [5.74, 6) is -0.283. The molecular weight excluding hydrogens is 371 g/mol. The fraction of sp³-hybridized carbons (Fsp3) is 0.182. The van der Waals surface area contributed by atoms with Crippen LogP contribution in [0.1, 0.15) is 11.3 Å². The second kappa shape index (κ2) is 4.69. The molecule has 2 aromatic rings. The molecule has 1 radical (unpaired) electrons. The third-order valence-corrected chi connectivity index (χ3v) is 2.15. The number of rotatable bonds is 1. The molecule has 0 amide bonds. The largest absolute Gasteiger partial charge is 0.284 e. The zero-order valence-electron chi connectivity index (χ0n) is 8.42. The van der Waals surface area contributed by atoms with Gasteiger partial charge >= 0.3 is 0 Å². The predicted octanol–water partition coefficient (Wildman–Crippen LogP) is 2.43. The summed E-state index contributed by atoms with van der Waals surface area (Å²) in [6, 6.07) is 7.18. The van der Waals surface area contributed by atoms with E-state index < -0.39 is 0 Å². The number of halogens is 1. The summed E-state index contributed by atoms with van der Waals surface area (Å²) in [6.45, 7) is 3.93. The summed E-state index contributed by atoms with van der Waals surface area (Å²) in [5.41, 5.74) is 2.84. The first-order valence-corrected chi connectivity index (χ1v) is 4.37. The molecule has 1 heterocycles. The maximum Gasteiger partial charge on any atom is 0.0626 e. The van der Waals surface area contributed by atoms with Gasteiger partial charge in [0, 0.05) is 32.1 Å². The minimum Gasteiger partial charge on any atom is -0.284 e. The van der Waals surface area contributed by atoms with E-state index in [-0.39, 0.29) is 25.9 Å². The van der Waals surface area contributed by atoms with Crippen molar-refractivity contribution in [2.24, 2.45) is 0 Å². The molecule has 0 aliphatic heterocycles. The summed E-state index contributed by atoms with van der Waals surface area (Å²) in [4.78, 5) is 0. The molecule has 0 unspecified atom stereocenters. The number of nitrogens with zero attached hydrogens (tertiary/aromatic N) is 2. The summed E-state index contributed by atoms with van der Waals surface area (Å²) >= 11 is 0. The summed E-state index contributed by atoms with van der Waals surface area (Å²) in [7, 11) is 0. The molecule has 0 aliphatic rings. The van der Waals surface area contributed by atoms with Crippen molar-refractivity contribution >= 4 is 0 Å². The standard InChI is InChI=1S/C11H10FN2.Ir/c1-8-7-14(13-9(8)2)11-5-3-10(12)4-6-11;/h3-5,7H,1-2H3;/q-1;. The van der Waals surface area contributed by atoms with Crippen LogP contribution in [0.15, 0.2) is 24.4 Å². The van der Waals surface area contributed by atoms with Gasteiger partial charge in [-0.15, -0.1) is 18.2 Å². The van der Waals surface area contributed by atoms with Crippen molar-refractivity contribution in [2.75, 3.05) is 0 Å². The Morgan fingerprint density at radius 2 is 2.07 bits per heavy atom. The number of aromatic nitrogens is 2. The SMILES string of the molecule is Cc1cn(-c2[c-]cc(F)cc2)nc1C.[Ir]. The normalized spacial score (nSPS) is 9.80. The Hall–Kier alpha value is -0.991. The Bertz CT molecular complexity index is 429. The molecule has 81 valence electrons. The molecule has 2 nitrogen and oxygen atoms in total. The van der Waals surface area contributed by atoms with E-state index in [9.17, 15) is 4.39 Å². The average molecular weight is 381 g/mol. The maximum atomic E-state index is 12.6. The second-order valence-corrected chi connectivity index (χ2v) is 3.23. The Balaban J connectivity index is 0.00000112. The minimum atomic E-state index is -0.283. The van der Waals surface area contributed by atoms with Crippen LogP contribution in [0.4, 0.5) is 4.39 Å². The molecule has 0 N–H and O–H groups in total. The second-order valence-electron chi connectivity index (χ2n) is 3.23. The van der Waals surface area contributed by atoms with Crippen LogP contribution in [0.3, 0.4) is 0 Å². The van der Waals surface area contributed by atoms with Crippen molar-refractivity contribution in [3.63, 3.8) is 0 Å². The first kappa shape index (κ1) is 12.1. The van der Waals surface area contributed by atoms with Gasteiger partial charge in [0.05, 0.1) is 5.69 Å². The van der Waals surface area contributed by atoms with Gasteiger partial charge in [-0.2, -0.15) is 11.2 Å². The molecule has 2 rings (SSSR count). The van der Waals surface area contributed by atoms with Gasteiger partial charge in [0.25, 0.3) is 0 Å². The van der Waals surface area contributed by atoms with Crippen LogP contribution in [-0.4, -0.2) is 9.78 Å². The average Bonchev–Trinajstić information content (AvgIpc) is 2.48. The van der Waals surface area contributed by atoms with Crippen LogP contribution in [0.5, 0.6) is 0 Å². The smallest absolute Gasteiger partial charge is 0.0626 e. The van der Waals surface area contributed by atoms with Crippen LogP contribution >= 0.6 is 0 Å². The van der Waals surface area contributed by atoms with Gasteiger partial charge in [-0.05, 0) is 25.1 Å². The summed E-state index contributed by atoms with van der Waals surface area (Å²) in [5, 5.41) is 4.27. The van der Waals surface area contributed by atoms with E-state index in [0.717, 1.165) is 16.9 Å². The predicted molar refractivity (Wildman–Crippen MR) is 51.8 cm³/mol. The van der Waals surface area contributed by atoms with Crippen LogP contribution in [0, 0.1) is 25.7 Å². The van der Waals surface area contributed by atoms with Crippen molar-refractivity contribution in [2.45, 2.75) is 13.8 Å². The van der Waals surface area contributed by atoms with Gasteiger partial charge in [0.1, 0.15) is 0 Å². The maximum absolute atomic E-state index is 12.6. The van der Waals surface area contributed by atoms with Crippen LogP contribution in [-0.2, 0) is 20.1 Å². The molecule has 0 bridgehead atoms. The van der Waals surface area contributed by atoms with Crippen LogP contribution < -0.4 is 0 Å². The van der Waals surface area contributed by atoms with E-state index in [1.807, 2.05) is 20.0 Å². The molecule has 0 spiro atoms. The van der Waals surface area contributed by atoms with Crippen molar-refractivity contribution in [3.8, 4) is 5.69 Å². The molecule has 1 aromatic carbocycles. The van der Waals surface area contributed by atoms with E-state index in [0.29, 0.717) is 0 Å². The number of hydrogen-bond acceptors (Lipinski definition) is 1. The van der Waals surface area contributed by atoms with Crippen molar-refractivity contribution < 1.29 is 24.5 Å². The zero-order valence-corrected chi connectivity index (χ0v) is 10.8. The van der Waals surface area contributed by atoms with Crippen molar-refractivity contribution in [3.05, 3.63) is 47.5 Å². The van der Waals surface area contributed by atoms with Crippen molar-refractivity contribution in [1.82, 2.24) is 9.78 Å². The van der Waals surface area contributed by atoms with Gasteiger partial charge in [0.2, 0.25) is 0 Å². The van der Waals surface area contributed by atoms with E-state index in [2.05, 4.69) is 11.2 Å². The first-order valence-electron chi connectivity index (χ1n) is 4.37. The summed E-state index contributed by atoms with van der Waals surface area (Å²) in [6.07, 6.45) is 1.90. The zero-order chi connectivity index (χ0) is 10.1. The van der Waals surface area contributed by atoms with E-state index >= 15 is 0 Å². The Morgan fingerprint density at radius 1 is 1.33 bits per heavy atom. The third-order valence-electron chi connectivity index (χ3n) is 2.15. The summed E-state index contributed by atoms with van der Waals surface area (Å²) < 4.78 is 14.3. The Morgan fingerprint density at radius 3 is 2.53 bits per heavy atom. The van der Waals surface area contributed by atoms with Gasteiger partial charge in [-0.1, -0.05) is 0 Å². The van der Waals surface area contributed by atoms with Gasteiger partial charge in [-0.3, -0.25) is 9.07 Å². The van der Waals surface area contributed by atoms with Crippen LogP contribution in [0.2, 0.25) is 0 Å². The van der Waals surface area contributed by atoms with Gasteiger partial charge < -0.3 is 0 Å². The fourth-order valence-corrected chi connectivity index (χ4v) is 1.21. The monoisotopic (exact) mass is 382 g/mol. The molecule has 1 aromatic heterocycles. The fourth-order valence-electron chi connectivity index (χ4n) is 1.21. The number of aryl methyl sites for hydroxylation is 2. The molecule has 0 atom stereocenters. The van der Waals surface area contributed by atoms with Crippen molar-refractivity contribution in [1.29, 1.82) is 0 Å². The Labute approximate surface area is 101 Å². The molecule has 0 aliphatic carbocycles. The van der Waals surface area contributed by atoms with E-state index in [1.165, 1.54) is 12.1 Å². The van der Waals surface area contributed by atoms with Gasteiger partial charge in [0.15, 0.2) is 0 Å². The third kappa shape index (κ3) is 2.52. The Kier molecular flexibility index (Phi) is 3.77. The van der Waals surface area contributed by atoms with Gasteiger partial charge in [-0.25, -0.2) is 0 Å². The molecular formula is C11H10FIrN2-. The quantitative estimate of drug-likeness (QED) is 0.694. The van der Waals surface area contributed by atoms with E-state index in [4.69, 9.17) is 0 Å². The molecule has 4 heteroatoms. The first-order chi connectivity index (χ1) is 6.66. The molecule has 0 saturated carbocycles. The molecule has 0 saturated heterocycles. The number of hydrogen-bond donors (Lipinski definition) is 0. The number of benzene rings is 1. The minimum absolute atomic E-state index is 0. The molecule has 15 heavy (non-hydrogen) atoms. The van der Waals surface area contributed by atoms with Crippen LogP contribution in [0.25, 0.3) is 5.69 Å². The molecule has 0 fully saturated rings. The topological polar surface area (TPSA) is 17.8 Å².